The van der Waals surface area contributed by atoms with Crippen LogP contribution in [-0.4, -0.2) is 24.9 Å². The summed E-state index contributed by atoms with van der Waals surface area (Å²) in [5.41, 5.74) is 2.78. The van der Waals surface area contributed by atoms with Crippen molar-refractivity contribution in [2.45, 2.75) is 16.7 Å². The van der Waals surface area contributed by atoms with E-state index in [4.69, 9.17) is 11.6 Å². The Balaban J connectivity index is 1.93. The van der Waals surface area contributed by atoms with Gasteiger partial charge in [0.2, 0.25) is 0 Å². The number of nitrogens with one attached hydrogen (secondary N) is 2. The fourth-order valence-corrected chi connectivity index (χ4v) is 4.83. The van der Waals surface area contributed by atoms with E-state index in [1.54, 1.807) is 18.2 Å². The Labute approximate surface area is 155 Å². The zero-order chi connectivity index (χ0) is 18.0. The van der Waals surface area contributed by atoms with Gasteiger partial charge in [0.25, 0.3) is 10.0 Å². The highest BCUT2D eigenvalue weighted by Crippen LogP contribution is 2.30. The van der Waals surface area contributed by atoms with E-state index in [0.717, 1.165) is 16.8 Å². The summed E-state index contributed by atoms with van der Waals surface area (Å²) in [4.78, 5) is 0.750. The summed E-state index contributed by atoms with van der Waals surface area (Å²) < 4.78 is 27.9. The normalized spacial score (nSPS) is 11.5. The maximum atomic E-state index is 12.7. The summed E-state index contributed by atoms with van der Waals surface area (Å²) in [6, 6.07) is 14.3. The third-order valence-electron chi connectivity index (χ3n) is 3.67. The predicted molar refractivity (Wildman–Crippen MR) is 103 cm³/mol. The SMILES string of the molecule is CSc1ccc(Cl)cc1S(=O)(=O)Nc1cc(-c2ccccc2C)[nH]n1. The van der Waals surface area contributed by atoms with Gasteiger partial charge in [0, 0.05) is 21.5 Å². The molecular weight excluding hydrogens is 378 g/mol. The van der Waals surface area contributed by atoms with Crippen LogP contribution in [0.5, 0.6) is 0 Å². The van der Waals surface area contributed by atoms with E-state index in [9.17, 15) is 8.42 Å². The van der Waals surface area contributed by atoms with Crippen LogP contribution in [0.2, 0.25) is 5.02 Å². The third-order valence-corrected chi connectivity index (χ3v) is 6.22. The molecule has 0 aliphatic heterocycles. The maximum Gasteiger partial charge on any atom is 0.264 e. The van der Waals surface area contributed by atoms with Crippen LogP contribution in [0, 0.1) is 6.92 Å². The van der Waals surface area contributed by atoms with Crippen molar-refractivity contribution < 1.29 is 8.42 Å². The van der Waals surface area contributed by atoms with Crippen LogP contribution >= 0.6 is 23.4 Å². The van der Waals surface area contributed by atoms with Crippen LogP contribution in [0.15, 0.2) is 58.3 Å². The van der Waals surface area contributed by atoms with Crippen LogP contribution < -0.4 is 4.72 Å². The molecule has 25 heavy (non-hydrogen) atoms. The number of nitrogens with zero attached hydrogens (tertiary/aromatic N) is 1. The van der Waals surface area contributed by atoms with E-state index in [-0.39, 0.29) is 10.7 Å². The van der Waals surface area contributed by atoms with Crippen LogP contribution in [0.4, 0.5) is 5.82 Å². The smallest absolute Gasteiger partial charge is 0.264 e. The average Bonchev–Trinajstić information content (AvgIpc) is 3.02. The quantitative estimate of drug-likeness (QED) is 0.623. The van der Waals surface area contributed by atoms with Crippen molar-refractivity contribution in [3.8, 4) is 11.3 Å². The highest BCUT2D eigenvalue weighted by molar-refractivity contribution is 7.99. The number of H-pyrrole nitrogens is 1. The first-order valence-corrected chi connectivity index (χ1v) is 10.5. The summed E-state index contributed by atoms with van der Waals surface area (Å²) in [6.07, 6.45) is 1.81. The molecule has 2 aromatic carbocycles. The molecule has 1 heterocycles. The van der Waals surface area contributed by atoms with Gasteiger partial charge in [0.05, 0.1) is 5.69 Å². The summed E-state index contributed by atoms with van der Waals surface area (Å²) in [6.45, 7) is 1.98. The van der Waals surface area contributed by atoms with E-state index in [2.05, 4.69) is 14.9 Å². The van der Waals surface area contributed by atoms with Gasteiger partial charge in [-0.15, -0.1) is 11.8 Å². The van der Waals surface area contributed by atoms with Crippen LogP contribution in [0.3, 0.4) is 0 Å². The zero-order valence-electron chi connectivity index (χ0n) is 13.6. The number of rotatable bonds is 5. The number of anilines is 1. The van der Waals surface area contributed by atoms with Gasteiger partial charge in [0.1, 0.15) is 4.90 Å². The van der Waals surface area contributed by atoms with Crippen molar-refractivity contribution in [2.75, 3.05) is 11.0 Å². The minimum atomic E-state index is -3.80. The van der Waals surface area contributed by atoms with Crippen molar-refractivity contribution in [3.63, 3.8) is 0 Å². The molecule has 0 spiro atoms. The first kappa shape index (κ1) is 17.8. The number of hydrogen-bond donors (Lipinski definition) is 2. The molecule has 130 valence electrons. The van der Waals surface area contributed by atoms with Crippen molar-refractivity contribution >= 4 is 39.2 Å². The van der Waals surface area contributed by atoms with E-state index in [1.165, 1.54) is 17.8 Å². The Kier molecular flexibility index (Phi) is 5.08. The third kappa shape index (κ3) is 3.84. The van der Waals surface area contributed by atoms with Gasteiger partial charge in [-0.05, 0) is 36.9 Å². The number of aromatic amines is 1. The average molecular weight is 394 g/mol. The largest absolute Gasteiger partial charge is 0.276 e. The Morgan fingerprint density at radius 2 is 1.92 bits per heavy atom. The fourth-order valence-electron chi connectivity index (χ4n) is 2.44. The van der Waals surface area contributed by atoms with Gasteiger partial charge in [-0.3, -0.25) is 9.82 Å². The number of sulfonamides is 1. The molecular formula is C17H16ClN3O2S2. The van der Waals surface area contributed by atoms with E-state index >= 15 is 0 Å². The topological polar surface area (TPSA) is 74.8 Å². The van der Waals surface area contributed by atoms with Gasteiger partial charge in [-0.2, -0.15) is 5.10 Å². The monoisotopic (exact) mass is 393 g/mol. The van der Waals surface area contributed by atoms with Gasteiger partial charge >= 0.3 is 0 Å². The number of aryl methyl sites for hydroxylation is 1. The van der Waals surface area contributed by atoms with Gasteiger partial charge < -0.3 is 0 Å². The second-order valence-electron chi connectivity index (χ2n) is 5.38. The molecule has 3 aromatic rings. The van der Waals surface area contributed by atoms with Gasteiger partial charge in [-0.25, -0.2) is 8.42 Å². The second kappa shape index (κ2) is 7.11. The molecule has 0 amide bonds. The summed E-state index contributed by atoms with van der Waals surface area (Å²) in [5, 5.41) is 7.30. The number of benzene rings is 2. The van der Waals surface area contributed by atoms with Crippen LogP contribution in [0.25, 0.3) is 11.3 Å². The standard InChI is InChI=1S/C17H16ClN3O2S2/c1-11-5-3-4-6-13(11)14-10-17(20-19-14)21-25(22,23)16-9-12(18)7-8-15(16)24-2/h3-10H,1-2H3,(H2,19,20,21). The lowest BCUT2D eigenvalue weighted by atomic mass is 10.1. The predicted octanol–water partition coefficient (Wildman–Crippen LogP) is 4.56. The Hall–Kier alpha value is -1.96. The summed E-state index contributed by atoms with van der Waals surface area (Å²) >= 11 is 7.30. The van der Waals surface area contributed by atoms with E-state index in [1.807, 2.05) is 37.4 Å². The molecule has 8 heteroatoms. The molecule has 0 bridgehead atoms. The molecule has 0 saturated heterocycles. The Morgan fingerprint density at radius 1 is 1.16 bits per heavy atom. The van der Waals surface area contributed by atoms with Crippen molar-refractivity contribution in [1.29, 1.82) is 0 Å². The zero-order valence-corrected chi connectivity index (χ0v) is 16.0. The molecule has 0 radical (unpaired) electrons. The minimum Gasteiger partial charge on any atom is -0.276 e. The maximum absolute atomic E-state index is 12.7. The second-order valence-corrected chi connectivity index (χ2v) is 8.32. The molecule has 0 fully saturated rings. The number of thioether (sulfide) groups is 1. The van der Waals surface area contributed by atoms with Crippen LogP contribution in [-0.2, 0) is 10.0 Å². The molecule has 2 N–H and O–H groups in total. The van der Waals surface area contributed by atoms with Crippen molar-refractivity contribution in [3.05, 3.63) is 59.1 Å². The fraction of sp³-hybridized carbons (Fsp3) is 0.118. The van der Waals surface area contributed by atoms with Gasteiger partial charge in [-0.1, -0.05) is 35.9 Å². The summed E-state index contributed by atoms with van der Waals surface area (Å²) in [7, 11) is -3.80. The van der Waals surface area contributed by atoms with E-state index in [0.29, 0.717) is 9.92 Å². The highest BCUT2D eigenvalue weighted by Gasteiger charge is 2.20. The molecule has 0 unspecified atom stereocenters. The Bertz CT molecular complexity index is 1020. The lowest BCUT2D eigenvalue weighted by Crippen LogP contribution is -2.14. The number of hydrogen-bond acceptors (Lipinski definition) is 4. The highest BCUT2D eigenvalue weighted by atomic mass is 35.5. The molecule has 0 saturated carbocycles. The molecule has 0 atom stereocenters. The summed E-state index contributed by atoms with van der Waals surface area (Å²) in [5.74, 6) is 0.227. The lowest BCUT2D eigenvalue weighted by Gasteiger charge is -2.09. The molecule has 5 nitrogen and oxygen atoms in total. The van der Waals surface area contributed by atoms with Crippen molar-refractivity contribution in [1.82, 2.24) is 10.2 Å². The van der Waals surface area contributed by atoms with Crippen molar-refractivity contribution in [2.24, 2.45) is 0 Å². The van der Waals surface area contributed by atoms with Gasteiger partial charge in [0.15, 0.2) is 5.82 Å². The molecule has 0 aliphatic carbocycles. The Morgan fingerprint density at radius 3 is 2.64 bits per heavy atom. The first-order valence-electron chi connectivity index (χ1n) is 7.38. The van der Waals surface area contributed by atoms with Crippen LogP contribution in [0.1, 0.15) is 5.56 Å². The molecule has 1 aromatic heterocycles. The minimum absolute atomic E-state index is 0.132. The lowest BCUT2D eigenvalue weighted by molar-refractivity contribution is 0.599. The molecule has 0 aliphatic rings. The number of aromatic nitrogens is 2. The molecule has 3 rings (SSSR count). The van der Waals surface area contributed by atoms with E-state index < -0.39 is 10.0 Å². The number of halogens is 1. The first-order chi connectivity index (χ1) is 11.9.